The van der Waals surface area contributed by atoms with Gasteiger partial charge in [0.2, 0.25) is 0 Å². The Morgan fingerprint density at radius 3 is 2.27 bits per heavy atom. The van der Waals surface area contributed by atoms with Gasteiger partial charge in [0.25, 0.3) is 15.9 Å². The molecule has 0 aromatic heterocycles. The number of alkyl halides is 2. The van der Waals surface area contributed by atoms with Crippen molar-refractivity contribution in [1.29, 1.82) is 0 Å². The van der Waals surface area contributed by atoms with Crippen LogP contribution in [0, 0.1) is 0 Å². The van der Waals surface area contributed by atoms with Crippen LogP contribution in [0.1, 0.15) is 10.4 Å². The molecule has 0 unspecified atom stereocenters. The zero-order chi connectivity index (χ0) is 21.7. The van der Waals surface area contributed by atoms with Crippen molar-refractivity contribution < 1.29 is 26.7 Å². The predicted molar refractivity (Wildman–Crippen MR) is 110 cm³/mol. The largest absolute Gasteiger partial charge is 0.435 e. The van der Waals surface area contributed by atoms with E-state index in [0.717, 1.165) is 4.31 Å². The maximum absolute atomic E-state index is 12.9. The van der Waals surface area contributed by atoms with Gasteiger partial charge in [-0.1, -0.05) is 24.3 Å². The number of nitrogens with one attached hydrogen (secondary N) is 1. The van der Waals surface area contributed by atoms with Crippen LogP contribution in [0.25, 0.3) is 0 Å². The first kappa shape index (κ1) is 21.3. The van der Waals surface area contributed by atoms with Crippen molar-refractivity contribution in [2.45, 2.75) is 11.5 Å². The highest BCUT2D eigenvalue weighted by atomic mass is 32.2. The van der Waals surface area contributed by atoms with Gasteiger partial charge in [-0.2, -0.15) is 8.78 Å². The Kier molecular flexibility index (Phi) is 6.31. The molecule has 0 saturated heterocycles. The van der Waals surface area contributed by atoms with E-state index >= 15 is 0 Å². The summed E-state index contributed by atoms with van der Waals surface area (Å²) in [5.41, 5.74) is 0.972. The van der Waals surface area contributed by atoms with Gasteiger partial charge in [-0.3, -0.25) is 9.10 Å². The summed E-state index contributed by atoms with van der Waals surface area (Å²) in [4.78, 5) is 12.4. The van der Waals surface area contributed by atoms with Gasteiger partial charge < -0.3 is 10.1 Å². The number of para-hydroxylation sites is 1. The Labute approximate surface area is 172 Å². The Morgan fingerprint density at radius 1 is 0.967 bits per heavy atom. The second-order valence-electron chi connectivity index (χ2n) is 6.19. The van der Waals surface area contributed by atoms with E-state index in [4.69, 9.17) is 0 Å². The fourth-order valence-electron chi connectivity index (χ4n) is 2.66. The van der Waals surface area contributed by atoms with E-state index in [-0.39, 0.29) is 21.9 Å². The first-order chi connectivity index (χ1) is 14.3. The normalized spacial score (nSPS) is 11.2. The summed E-state index contributed by atoms with van der Waals surface area (Å²) in [6, 6.07) is 19.6. The average Bonchev–Trinajstić information content (AvgIpc) is 2.74. The summed E-state index contributed by atoms with van der Waals surface area (Å²) in [6.07, 6.45) is 0. The highest BCUT2D eigenvalue weighted by molar-refractivity contribution is 7.92. The lowest BCUT2D eigenvalue weighted by Crippen LogP contribution is -2.26. The zero-order valence-corrected chi connectivity index (χ0v) is 16.6. The Bertz CT molecular complexity index is 1120. The minimum atomic E-state index is -3.84. The molecule has 9 heteroatoms. The lowest BCUT2D eigenvalue weighted by atomic mass is 10.2. The number of amides is 1. The first-order valence-corrected chi connectivity index (χ1v) is 10.2. The second-order valence-corrected chi connectivity index (χ2v) is 8.16. The molecule has 3 aromatic carbocycles. The number of nitrogens with zero attached hydrogens (tertiary/aromatic N) is 1. The van der Waals surface area contributed by atoms with Crippen LogP contribution in [0.15, 0.2) is 83.8 Å². The van der Waals surface area contributed by atoms with Gasteiger partial charge in [0.05, 0.1) is 10.6 Å². The molecular formula is C21H18F2N2O4S. The van der Waals surface area contributed by atoms with E-state index in [2.05, 4.69) is 10.1 Å². The van der Waals surface area contributed by atoms with E-state index in [0.29, 0.717) is 5.69 Å². The molecule has 30 heavy (non-hydrogen) atoms. The van der Waals surface area contributed by atoms with Crippen molar-refractivity contribution in [3.63, 3.8) is 0 Å². The monoisotopic (exact) mass is 432 g/mol. The van der Waals surface area contributed by atoms with Crippen LogP contribution in [-0.4, -0.2) is 28.0 Å². The summed E-state index contributed by atoms with van der Waals surface area (Å²) in [5, 5.41) is 2.60. The van der Waals surface area contributed by atoms with Gasteiger partial charge in [-0.05, 0) is 54.6 Å². The average molecular weight is 432 g/mol. The molecule has 0 saturated carbocycles. The molecule has 0 aliphatic carbocycles. The number of halogens is 2. The summed E-state index contributed by atoms with van der Waals surface area (Å²) in [6.45, 7) is -2.96. The Morgan fingerprint density at radius 2 is 1.63 bits per heavy atom. The van der Waals surface area contributed by atoms with Crippen molar-refractivity contribution in [3.05, 3.63) is 84.4 Å². The van der Waals surface area contributed by atoms with Crippen LogP contribution >= 0.6 is 0 Å². The fraction of sp³-hybridized carbons (Fsp3) is 0.0952. The van der Waals surface area contributed by atoms with Gasteiger partial charge in [0.1, 0.15) is 5.75 Å². The van der Waals surface area contributed by atoms with Gasteiger partial charge in [-0.15, -0.1) is 0 Å². The molecule has 0 heterocycles. The molecule has 156 valence electrons. The topological polar surface area (TPSA) is 75.7 Å². The number of benzene rings is 3. The first-order valence-electron chi connectivity index (χ1n) is 8.77. The van der Waals surface area contributed by atoms with Crippen molar-refractivity contribution in [2.75, 3.05) is 16.7 Å². The third-order valence-electron chi connectivity index (χ3n) is 4.21. The lowest BCUT2D eigenvalue weighted by molar-refractivity contribution is -0.0498. The van der Waals surface area contributed by atoms with Crippen LogP contribution in [0.5, 0.6) is 5.75 Å². The molecule has 0 atom stereocenters. The van der Waals surface area contributed by atoms with Gasteiger partial charge in [-0.25, -0.2) is 8.42 Å². The third kappa shape index (κ3) is 4.93. The number of carbonyl (C=O) groups is 1. The smallest absolute Gasteiger partial charge is 0.387 e. The van der Waals surface area contributed by atoms with E-state index in [1.807, 2.05) is 0 Å². The second kappa shape index (κ2) is 8.91. The number of carbonyl (C=O) groups excluding carboxylic acids is 1. The van der Waals surface area contributed by atoms with Gasteiger partial charge in [0.15, 0.2) is 0 Å². The summed E-state index contributed by atoms with van der Waals surface area (Å²) >= 11 is 0. The number of hydrogen-bond donors (Lipinski definition) is 1. The van der Waals surface area contributed by atoms with Crippen molar-refractivity contribution in [1.82, 2.24) is 0 Å². The Balaban J connectivity index is 1.77. The molecule has 0 spiro atoms. The van der Waals surface area contributed by atoms with Gasteiger partial charge >= 0.3 is 6.61 Å². The van der Waals surface area contributed by atoms with Crippen molar-refractivity contribution >= 4 is 27.3 Å². The minimum Gasteiger partial charge on any atom is -0.435 e. The highest BCUT2D eigenvalue weighted by Gasteiger charge is 2.21. The van der Waals surface area contributed by atoms with E-state index < -0.39 is 22.5 Å². The van der Waals surface area contributed by atoms with Crippen LogP contribution < -0.4 is 14.4 Å². The van der Waals surface area contributed by atoms with Crippen LogP contribution in [0.4, 0.5) is 20.2 Å². The summed E-state index contributed by atoms with van der Waals surface area (Å²) in [7, 11) is -2.39. The molecule has 0 radical (unpaired) electrons. The SMILES string of the molecule is CN(c1ccccc1)S(=O)(=O)c1cccc(NC(=O)c2ccc(OC(F)F)cc2)c1. The third-order valence-corrected chi connectivity index (χ3v) is 5.99. The molecule has 3 rings (SSSR count). The van der Waals surface area contributed by atoms with Crippen molar-refractivity contribution in [3.8, 4) is 5.75 Å². The van der Waals surface area contributed by atoms with E-state index in [1.165, 1.54) is 49.5 Å². The van der Waals surface area contributed by atoms with Crippen LogP contribution in [0.2, 0.25) is 0 Å². The van der Waals surface area contributed by atoms with E-state index in [9.17, 15) is 22.0 Å². The molecule has 3 aromatic rings. The highest BCUT2D eigenvalue weighted by Crippen LogP contribution is 2.24. The molecule has 0 aliphatic heterocycles. The predicted octanol–water partition coefficient (Wildman–Crippen LogP) is 4.37. The standard InChI is InChI=1S/C21H18F2N2O4S/c1-25(17-7-3-2-4-8-17)30(27,28)19-9-5-6-16(14-19)24-20(26)15-10-12-18(13-11-15)29-21(22)23/h2-14,21H,1H3,(H,24,26). The molecule has 6 nitrogen and oxygen atoms in total. The Hall–Kier alpha value is -3.46. The van der Waals surface area contributed by atoms with Gasteiger partial charge in [0, 0.05) is 18.3 Å². The minimum absolute atomic E-state index is 0.00679. The molecule has 0 bridgehead atoms. The zero-order valence-electron chi connectivity index (χ0n) is 15.8. The number of sulfonamides is 1. The van der Waals surface area contributed by atoms with Crippen LogP contribution in [0.3, 0.4) is 0 Å². The maximum Gasteiger partial charge on any atom is 0.387 e. The summed E-state index contributed by atoms with van der Waals surface area (Å²) < 4.78 is 55.6. The number of rotatable bonds is 7. The molecule has 0 fully saturated rings. The molecule has 1 N–H and O–H groups in total. The fourth-order valence-corrected chi connectivity index (χ4v) is 3.90. The maximum atomic E-state index is 12.9. The number of ether oxygens (including phenoxy) is 1. The summed E-state index contributed by atoms with van der Waals surface area (Å²) in [5.74, 6) is -0.594. The van der Waals surface area contributed by atoms with E-state index in [1.54, 1.807) is 36.4 Å². The number of anilines is 2. The molecular weight excluding hydrogens is 414 g/mol. The number of hydrogen-bond acceptors (Lipinski definition) is 4. The van der Waals surface area contributed by atoms with Crippen molar-refractivity contribution in [2.24, 2.45) is 0 Å². The van der Waals surface area contributed by atoms with Crippen LogP contribution in [-0.2, 0) is 10.0 Å². The lowest BCUT2D eigenvalue weighted by Gasteiger charge is -2.20. The molecule has 0 aliphatic rings. The molecule has 1 amide bonds. The quantitative estimate of drug-likeness (QED) is 0.602.